The molecule has 1 heterocycles. The molecular weight excluding hydrogens is 379 g/mol. The van der Waals surface area contributed by atoms with E-state index < -0.39 is 6.10 Å². The average Bonchev–Trinajstić information content (AvgIpc) is 2.58. The van der Waals surface area contributed by atoms with Crippen LogP contribution in [0, 0.1) is 13.8 Å². The number of halogens is 2. The van der Waals surface area contributed by atoms with Gasteiger partial charge in [-0.15, -0.1) is 0 Å². The molecule has 1 unspecified atom stereocenters. The maximum Gasteiger partial charge on any atom is 0.410 e. The van der Waals surface area contributed by atoms with Crippen molar-refractivity contribution >= 4 is 17.7 Å². The summed E-state index contributed by atoms with van der Waals surface area (Å²) in [4.78, 5) is 14.7. The molecule has 1 atom stereocenters. The minimum Gasteiger partial charge on any atom is -1.00 e. The molecule has 26 heavy (non-hydrogen) atoms. The van der Waals surface area contributed by atoms with Gasteiger partial charge in [0.15, 0.2) is 0 Å². The number of aliphatic hydroxyl groups excluding tert-OH is 1. The first-order valence-electron chi connectivity index (χ1n) is 8.73. The SMILES string of the molecule is CCOC(=O)N1CC[NH+](CC(O)COc2cc(C)c(Cl)c(C)c2)CC1.[Cl-]. The zero-order valence-electron chi connectivity index (χ0n) is 15.6. The van der Waals surface area contributed by atoms with Gasteiger partial charge in [-0.2, -0.15) is 0 Å². The number of nitrogens with one attached hydrogen (secondary N) is 1. The summed E-state index contributed by atoms with van der Waals surface area (Å²) in [6, 6.07) is 3.76. The van der Waals surface area contributed by atoms with E-state index >= 15 is 0 Å². The van der Waals surface area contributed by atoms with Crippen molar-refractivity contribution in [1.29, 1.82) is 0 Å². The highest BCUT2D eigenvalue weighted by molar-refractivity contribution is 6.32. The van der Waals surface area contributed by atoms with E-state index in [0.29, 0.717) is 26.2 Å². The number of quaternary nitrogens is 1. The first-order valence-corrected chi connectivity index (χ1v) is 9.11. The molecule has 0 aromatic heterocycles. The lowest BCUT2D eigenvalue weighted by molar-refractivity contribution is -0.907. The van der Waals surface area contributed by atoms with Gasteiger partial charge in [0, 0.05) is 5.02 Å². The van der Waals surface area contributed by atoms with Gasteiger partial charge in [0.2, 0.25) is 0 Å². The highest BCUT2D eigenvalue weighted by atomic mass is 35.5. The maximum atomic E-state index is 11.7. The number of piperazine rings is 1. The summed E-state index contributed by atoms with van der Waals surface area (Å²) in [6.07, 6.45) is -0.806. The maximum absolute atomic E-state index is 11.7. The number of hydrogen-bond acceptors (Lipinski definition) is 4. The topological polar surface area (TPSA) is 63.4 Å². The molecular formula is C18H28Cl2N2O4. The van der Waals surface area contributed by atoms with Crippen LogP contribution in [-0.2, 0) is 4.74 Å². The van der Waals surface area contributed by atoms with Crippen LogP contribution in [0.2, 0.25) is 5.02 Å². The summed E-state index contributed by atoms with van der Waals surface area (Å²) in [6.45, 7) is 9.81. The fraction of sp³-hybridized carbons (Fsp3) is 0.611. The molecule has 1 amide bonds. The highest BCUT2D eigenvalue weighted by Gasteiger charge is 2.26. The summed E-state index contributed by atoms with van der Waals surface area (Å²) < 4.78 is 10.7. The van der Waals surface area contributed by atoms with Gasteiger partial charge < -0.3 is 31.9 Å². The van der Waals surface area contributed by atoms with Crippen LogP contribution in [0.3, 0.4) is 0 Å². The zero-order chi connectivity index (χ0) is 18.4. The molecule has 1 aliphatic heterocycles. The number of aliphatic hydroxyl groups is 1. The van der Waals surface area contributed by atoms with E-state index in [1.165, 1.54) is 4.90 Å². The summed E-state index contributed by atoms with van der Waals surface area (Å²) in [5.74, 6) is 0.723. The van der Waals surface area contributed by atoms with Crippen molar-refractivity contribution in [2.75, 3.05) is 45.9 Å². The number of rotatable bonds is 6. The predicted molar refractivity (Wildman–Crippen MR) is 96.6 cm³/mol. The molecule has 0 aliphatic carbocycles. The van der Waals surface area contributed by atoms with Crippen LogP contribution in [0.15, 0.2) is 12.1 Å². The smallest absolute Gasteiger partial charge is 0.410 e. The van der Waals surface area contributed by atoms with E-state index in [2.05, 4.69) is 0 Å². The van der Waals surface area contributed by atoms with Crippen molar-refractivity contribution in [3.05, 3.63) is 28.3 Å². The summed E-state index contributed by atoms with van der Waals surface area (Å²) in [7, 11) is 0. The molecule has 0 spiro atoms. The van der Waals surface area contributed by atoms with Gasteiger partial charge in [0.1, 0.15) is 25.0 Å². The first kappa shape index (κ1) is 22.8. The third-order valence-corrected chi connectivity index (χ3v) is 4.97. The Bertz CT molecular complexity index is 570. The summed E-state index contributed by atoms with van der Waals surface area (Å²) in [5.41, 5.74) is 1.93. The number of nitrogens with zero attached hydrogens (tertiary/aromatic N) is 1. The highest BCUT2D eigenvalue weighted by Crippen LogP contribution is 2.25. The third-order valence-electron chi connectivity index (χ3n) is 4.37. The van der Waals surface area contributed by atoms with E-state index in [-0.39, 0.29) is 25.1 Å². The molecule has 1 aliphatic rings. The predicted octanol–water partition coefficient (Wildman–Crippen LogP) is -1.94. The molecule has 148 valence electrons. The Balaban J connectivity index is 0.00000338. The molecule has 1 fully saturated rings. The zero-order valence-corrected chi connectivity index (χ0v) is 17.1. The lowest BCUT2D eigenvalue weighted by atomic mass is 10.1. The van der Waals surface area contributed by atoms with Gasteiger partial charge in [0.05, 0.1) is 32.8 Å². The minimum absolute atomic E-state index is 0. The number of hydrogen-bond donors (Lipinski definition) is 2. The van der Waals surface area contributed by atoms with Crippen molar-refractivity contribution in [1.82, 2.24) is 4.90 Å². The van der Waals surface area contributed by atoms with Crippen LogP contribution in [0.1, 0.15) is 18.1 Å². The number of carbonyl (C=O) groups is 1. The van der Waals surface area contributed by atoms with Gasteiger partial charge in [-0.3, -0.25) is 4.90 Å². The number of ether oxygens (including phenoxy) is 2. The standard InChI is InChI=1S/C18H27ClN2O4.ClH/c1-4-24-18(23)21-7-5-20(6-8-21)11-15(22)12-25-16-9-13(2)17(19)14(3)10-16;/h9-10,15,22H,4-8,11-12H2,1-3H3;1H. The Hall–Kier alpha value is -1.21. The molecule has 2 N–H and O–H groups in total. The Morgan fingerprint density at radius 1 is 1.31 bits per heavy atom. The Labute approximate surface area is 166 Å². The van der Waals surface area contributed by atoms with Gasteiger partial charge in [-0.1, -0.05) is 11.6 Å². The van der Waals surface area contributed by atoms with Crippen LogP contribution in [0.4, 0.5) is 4.79 Å². The number of aryl methyl sites for hydroxylation is 2. The van der Waals surface area contributed by atoms with Crippen molar-refractivity contribution in [2.45, 2.75) is 26.9 Å². The second-order valence-corrected chi connectivity index (χ2v) is 6.85. The van der Waals surface area contributed by atoms with Crippen molar-refractivity contribution in [3.8, 4) is 5.75 Å². The van der Waals surface area contributed by atoms with Crippen LogP contribution in [-0.4, -0.2) is 68.1 Å². The van der Waals surface area contributed by atoms with E-state index in [4.69, 9.17) is 21.1 Å². The second kappa shape index (κ2) is 10.8. The lowest BCUT2D eigenvalue weighted by Gasteiger charge is -2.32. The van der Waals surface area contributed by atoms with Crippen LogP contribution >= 0.6 is 11.6 Å². The fourth-order valence-electron chi connectivity index (χ4n) is 3.00. The van der Waals surface area contributed by atoms with Crippen molar-refractivity contribution in [3.63, 3.8) is 0 Å². The largest absolute Gasteiger partial charge is 1.00 e. The monoisotopic (exact) mass is 406 g/mol. The van der Waals surface area contributed by atoms with Crippen molar-refractivity contribution in [2.24, 2.45) is 0 Å². The van der Waals surface area contributed by atoms with Crippen LogP contribution in [0.25, 0.3) is 0 Å². The Morgan fingerprint density at radius 3 is 2.42 bits per heavy atom. The van der Waals surface area contributed by atoms with E-state index in [9.17, 15) is 9.90 Å². The van der Waals surface area contributed by atoms with Gasteiger partial charge in [0.25, 0.3) is 0 Å². The lowest BCUT2D eigenvalue weighted by Crippen LogP contribution is -3.16. The molecule has 1 saturated heterocycles. The Kier molecular flexibility index (Phi) is 9.50. The van der Waals surface area contributed by atoms with Crippen LogP contribution in [0.5, 0.6) is 5.75 Å². The van der Waals surface area contributed by atoms with Gasteiger partial charge in [-0.25, -0.2) is 4.79 Å². The van der Waals surface area contributed by atoms with E-state index in [0.717, 1.165) is 35.0 Å². The molecule has 0 saturated carbocycles. The average molecular weight is 407 g/mol. The molecule has 0 bridgehead atoms. The first-order chi connectivity index (χ1) is 11.9. The minimum atomic E-state index is -0.555. The van der Waals surface area contributed by atoms with E-state index in [1.54, 1.807) is 11.8 Å². The molecule has 2 rings (SSSR count). The molecule has 1 aromatic carbocycles. The Morgan fingerprint density at radius 2 is 1.88 bits per heavy atom. The van der Waals surface area contributed by atoms with Crippen LogP contribution < -0.4 is 22.0 Å². The summed E-state index contributed by atoms with van der Waals surface area (Å²) >= 11 is 6.15. The molecule has 0 radical (unpaired) electrons. The second-order valence-electron chi connectivity index (χ2n) is 6.48. The number of carbonyl (C=O) groups excluding carboxylic acids is 1. The van der Waals surface area contributed by atoms with Gasteiger partial charge >= 0.3 is 6.09 Å². The normalized spacial score (nSPS) is 16.0. The number of benzene rings is 1. The van der Waals surface area contributed by atoms with E-state index in [1.807, 2.05) is 26.0 Å². The fourth-order valence-corrected chi connectivity index (χ4v) is 3.11. The van der Waals surface area contributed by atoms with Gasteiger partial charge in [-0.05, 0) is 44.0 Å². The third kappa shape index (κ3) is 6.50. The molecule has 8 heteroatoms. The quantitative estimate of drug-likeness (QED) is 0.576. The van der Waals surface area contributed by atoms with Crippen molar-refractivity contribution < 1.29 is 36.7 Å². The molecule has 6 nitrogen and oxygen atoms in total. The summed E-state index contributed by atoms with van der Waals surface area (Å²) in [5, 5.41) is 11.0. The molecule has 1 aromatic rings. The number of amides is 1.